The van der Waals surface area contributed by atoms with Gasteiger partial charge in [0, 0.05) is 24.1 Å². The van der Waals surface area contributed by atoms with E-state index < -0.39 is 6.09 Å². The Morgan fingerprint density at radius 3 is 2.69 bits per heavy atom. The first-order chi connectivity index (χ1) is 14.1. The highest BCUT2D eigenvalue weighted by atomic mass is 16.6. The molecule has 0 atom stereocenters. The van der Waals surface area contributed by atoms with Crippen molar-refractivity contribution in [3.8, 4) is 5.75 Å². The maximum atomic E-state index is 12.3. The van der Waals surface area contributed by atoms with Gasteiger partial charge in [-0.05, 0) is 65.9 Å². The smallest absolute Gasteiger partial charge is 0.410 e. The lowest BCUT2D eigenvalue weighted by Gasteiger charge is -2.19. The first-order valence-corrected chi connectivity index (χ1v) is 9.95. The Labute approximate surface area is 171 Å². The number of rotatable bonds is 5. The van der Waals surface area contributed by atoms with Crippen LogP contribution in [0.3, 0.4) is 0 Å². The van der Waals surface area contributed by atoms with Crippen molar-refractivity contribution < 1.29 is 9.53 Å². The molecule has 4 rings (SSSR count). The van der Waals surface area contributed by atoms with Gasteiger partial charge < -0.3 is 9.64 Å². The van der Waals surface area contributed by atoms with Crippen molar-refractivity contribution in [1.29, 1.82) is 0 Å². The molecule has 3 aromatic rings. The Morgan fingerprint density at radius 2 is 1.97 bits per heavy atom. The van der Waals surface area contributed by atoms with E-state index in [1.165, 1.54) is 16.8 Å². The summed E-state index contributed by atoms with van der Waals surface area (Å²) >= 11 is 0. The summed E-state index contributed by atoms with van der Waals surface area (Å²) in [6.45, 7) is 5.99. The molecule has 0 fully saturated rings. The van der Waals surface area contributed by atoms with Crippen molar-refractivity contribution in [3.63, 3.8) is 0 Å². The van der Waals surface area contributed by atoms with E-state index in [9.17, 15) is 4.79 Å². The number of carbonyl (C=O) groups excluding carboxylic acids is 1. The lowest BCUT2D eigenvalue weighted by molar-refractivity contribution is 0.215. The number of aromatic nitrogens is 1. The largest absolute Gasteiger partial charge is 0.417 e. The van der Waals surface area contributed by atoms with Crippen LogP contribution in [0.4, 0.5) is 16.2 Å². The maximum absolute atomic E-state index is 12.3. The van der Waals surface area contributed by atoms with Gasteiger partial charge >= 0.3 is 6.09 Å². The van der Waals surface area contributed by atoms with Gasteiger partial charge in [-0.15, -0.1) is 0 Å². The number of hydrogen-bond donors (Lipinski definition) is 1. The van der Waals surface area contributed by atoms with E-state index in [1.807, 2.05) is 66.9 Å². The van der Waals surface area contributed by atoms with E-state index in [2.05, 4.69) is 29.0 Å². The SMILES string of the molecule is CC(C)c1ccc(NC(=O)Oc2ccc3c(c2)CCN3Cc2ccccn2)cc1. The van der Waals surface area contributed by atoms with Crippen molar-refractivity contribution in [2.45, 2.75) is 32.7 Å². The molecule has 29 heavy (non-hydrogen) atoms. The Kier molecular flexibility index (Phi) is 5.47. The average molecular weight is 387 g/mol. The van der Waals surface area contributed by atoms with E-state index in [0.717, 1.165) is 30.9 Å². The summed E-state index contributed by atoms with van der Waals surface area (Å²) in [6.07, 6.45) is 2.26. The summed E-state index contributed by atoms with van der Waals surface area (Å²) in [5.74, 6) is 1.01. The summed E-state index contributed by atoms with van der Waals surface area (Å²) in [7, 11) is 0. The van der Waals surface area contributed by atoms with Gasteiger partial charge in [0.05, 0.1) is 12.2 Å². The number of amides is 1. The van der Waals surface area contributed by atoms with Crippen LogP contribution in [0.25, 0.3) is 0 Å². The Bertz CT molecular complexity index is 985. The van der Waals surface area contributed by atoms with Crippen molar-refractivity contribution in [2.75, 3.05) is 16.8 Å². The van der Waals surface area contributed by atoms with Crippen LogP contribution >= 0.6 is 0 Å². The number of pyridine rings is 1. The molecule has 0 aliphatic carbocycles. The molecule has 1 aliphatic heterocycles. The number of nitrogens with one attached hydrogen (secondary N) is 1. The fraction of sp³-hybridized carbons (Fsp3) is 0.250. The second-order valence-electron chi connectivity index (χ2n) is 7.57. The Hall–Kier alpha value is -3.34. The summed E-state index contributed by atoms with van der Waals surface area (Å²) in [6, 6.07) is 19.6. The third kappa shape index (κ3) is 4.57. The standard InChI is InChI=1S/C24H25N3O2/c1-17(2)18-6-8-20(9-7-18)26-24(28)29-22-10-11-23-19(15-22)12-14-27(23)16-21-5-3-4-13-25-21/h3-11,13,15,17H,12,14,16H2,1-2H3,(H,26,28). The van der Waals surface area contributed by atoms with Crippen molar-refractivity contribution in [1.82, 2.24) is 4.98 Å². The highest BCUT2D eigenvalue weighted by Crippen LogP contribution is 2.32. The van der Waals surface area contributed by atoms with Crippen LogP contribution in [0.5, 0.6) is 5.75 Å². The predicted molar refractivity (Wildman–Crippen MR) is 116 cm³/mol. The molecule has 1 aliphatic rings. The minimum absolute atomic E-state index is 0.458. The highest BCUT2D eigenvalue weighted by molar-refractivity contribution is 5.86. The number of carbonyl (C=O) groups is 1. The Morgan fingerprint density at radius 1 is 1.14 bits per heavy atom. The van der Waals surface area contributed by atoms with E-state index >= 15 is 0 Å². The van der Waals surface area contributed by atoms with Crippen LogP contribution < -0.4 is 15.0 Å². The van der Waals surface area contributed by atoms with Gasteiger partial charge in [0.2, 0.25) is 0 Å². The molecule has 2 aromatic carbocycles. The number of fused-ring (bicyclic) bond motifs is 1. The zero-order chi connectivity index (χ0) is 20.2. The fourth-order valence-electron chi connectivity index (χ4n) is 3.56. The number of ether oxygens (including phenoxy) is 1. The topological polar surface area (TPSA) is 54.5 Å². The minimum atomic E-state index is -0.481. The van der Waals surface area contributed by atoms with Crippen LogP contribution in [-0.2, 0) is 13.0 Å². The van der Waals surface area contributed by atoms with Crippen LogP contribution in [-0.4, -0.2) is 17.6 Å². The molecule has 0 radical (unpaired) electrons. The first-order valence-electron chi connectivity index (χ1n) is 9.95. The predicted octanol–water partition coefficient (Wildman–Crippen LogP) is 5.38. The third-order valence-electron chi connectivity index (χ3n) is 5.16. The number of hydrogen-bond acceptors (Lipinski definition) is 4. The molecule has 1 N–H and O–H groups in total. The van der Waals surface area contributed by atoms with Gasteiger partial charge in [-0.1, -0.05) is 32.0 Å². The van der Waals surface area contributed by atoms with Gasteiger partial charge in [0.15, 0.2) is 0 Å². The molecule has 148 valence electrons. The zero-order valence-corrected chi connectivity index (χ0v) is 16.8. The van der Waals surface area contributed by atoms with Gasteiger partial charge in [-0.3, -0.25) is 10.3 Å². The van der Waals surface area contributed by atoms with Crippen LogP contribution in [0.15, 0.2) is 66.9 Å². The molecular weight excluding hydrogens is 362 g/mol. The van der Waals surface area contributed by atoms with E-state index in [1.54, 1.807) is 0 Å². The zero-order valence-electron chi connectivity index (χ0n) is 16.8. The second-order valence-corrected chi connectivity index (χ2v) is 7.57. The molecule has 5 nitrogen and oxygen atoms in total. The average Bonchev–Trinajstić information content (AvgIpc) is 3.11. The maximum Gasteiger partial charge on any atom is 0.417 e. The normalized spacial score (nSPS) is 12.7. The molecule has 0 spiro atoms. The van der Waals surface area contributed by atoms with Crippen LogP contribution in [0, 0.1) is 0 Å². The van der Waals surface area contributed by atoms with Crippen LogP contribution in [0.1, 0.15) is 36.6 Å². The lowest BCUT2D eigenvalue weighted by atomic mass is 10.0. The molecule has 1 amide bonds. The monoisotopic (exact) mass is 387 g/mol. The second kappa shape index (κ2) is 8.35. The summed E-state index contributed by atoms with van der Waals surface area (Å²) in [4.78, 5) is 19.0. The fourth-order valence-corrected chi connectivity index (χ4v) is 3.56. The number of anilines is 2. The molecule has 0 saturated heterocycles. The first kappa shape index (κ1) is 19.0. The Balaban J connectivity index is 1.38. The third-order valence-corrected chi connectivity index (χ3v) is 5.16. The van der Waals surface area contributed by atoms with Crippen molar-refractivity contribution in [3.05, 3.63) is 83.7 Å². The molecule has 2 heterocycles. The van der Waals surface area contributed by atoms with E-state index in [0.29, 0.717) is 11.7 Å². The molecule has 0 bridgehead atoms. The molecule has 0 saturated carbocycles. The van der Waals surface area contributed by atoms with Gasteiger partial charge in [0.1, 0.15) is 5.75 Å². The number of nitrogens with zero attached hydrogens (tertiary/aromatic N) is 2. The van der Waals surface area contributed by atoms with E-state index in [4.69, 9.17) is 4.74 Å². The molecule has 0 unspecified atom stereocenters. The molecule has 1 aromatic heterocycles. The van der Waals surface area contributed by atoms with Gasteiger partial charge in [0.25, 0.3) is 0 Å². The van der Waals surface area contributed by atoms with Crippen molar-refractivity contribution >= 4 is 17.5 Å². The van der Waals surface area contributed by atoms with Crippen LogP contribution in [0.2, 0.25) is 0 Å². The quantitative estimate of drug-likeness (QED) is 0.639. The van der Waals surface area contributed by atoms with Crippen molar-refractivity contribution in [2.24, 2.45) is 0 Å². The van der Waals surface area contributed by atoms with Gasteiger partial charge in [-0.25, -0.2) is 4.79 Å². The summed E-state index contributed by atoms with van der Waals surface area (Å²) in [5.41, 5.74) is 5.36. The lowest BCUT2D eigenvalue weighted by Crippen LogP contribution is -2.20. The summed E-state index contributed by atoms with van der Waals surface area (Å²) in [5, 5.41) is 2.79. The molecular formula is C24H25N3O2. The number of benzene rings is 2. The minimum Gasteiger partial charge on any atom is -0.410 e. The molecule has 5 heteroatoms. The van der Waals surface area contributed by atoms with Gasteiger partial charge in [-0.2, -0.15) is 0 Å². The summed E-state index contributed by atoms with van der Waals surface area (Å²) < 4.78 is 5.49. The highest BCUT2D eigenvalue weighted by Gasteiger charge is 2.20. The van der Waals surface area contributed by atoms with E-state index in [-0.39, 0.29) is 0 Å².